The summed E-state index contributed by atoms with van der Waals surface area (Å²) < 4.78 is 20.6. The molecule has 2 heterocycles. The summed E-state index contributed by atoms with van der Waals surface area (Å²) in [4.78, 5) is 15.1. The van der Waals surface area contributed by atoms with E-state index in [4.69, 9.17) is 9.84 Å². The summed E-state index contributed by atoms with van der Waals surface area (Å²) in [6.45, 7) is 8.47. The minimum Gasteiger partial charge on any atom is -0.378 e. The number of benzene rings is 1. The van der Waals surface area contributed by atoms with E-state index < -0.39 is 0 Å². The summed E-state index contributed by atoms with van der Waals surface area (Å²) in [6.07, 6.45) is 3.64. The molecule has 1 saturated heterocycles. The summed E-state index contributed by atoms with van der Waals surface area (Å²) in [7, 11) is 0. The van der Waals surface area contributed by atoms with Crippen LogP contribution in [0, 0.1) is 11.7 Å². The topological polar surface area (TPSA) is 59.4 Å². The van der Waals surface area contributed by atoms with Gasteiger partial charge in [-0.25, -0.2) is 4.39 Å². The molecule has 1 atom stereocenters. The molecule has 1 N–H and O–H groups in total. The van der Waals surface area contributed by atoms with Crippen LogP contribution in [0.2, 0.25) is 0 Å². The van der Waals surface area contributed by atoms with E-state index in [1.54, 1.807) is 0 Å². The van der Waals surface area contributed by atoms with Crippen molar-refractivity contribution in [1.29, 1.82) is 0 Å². The number of carbonyl (C=O) groups is 1. The minimum absolute atomic E-state index is 0.0361. The fourth-order valence-corrected chi connectivity index (χ4v) is 4.52. The second kappa shape index (κ2) is 9.92. The molecule has 2 aliphatic rings. The van der Waals surface area contributed by atoms with Crippen LogP contribution in [0.1, 0.15) is 47.6 Å². The number of ether oxygens (including phenoxy) is 1. The van der Waals surface area contributed by atoms with E-state index in [0.717, 1.165) is 49.9 Å². The lowest BCUT2D eigenvalue weighted by atomic mass is 9.90. The molecule has 1 aromatic heterocycles. The number of nitrogens with one attached hydrogen (secondary N) is 1. The van der Waals surface area contributed by atoms with Crippen LogP contribution >= 0.6 is 0 Å². The smallest absolute Gasteiger partial charge is 0.274 e. The summed E-state index contributed by atoms with van der Waals surface area (Å²) in [5.74, 6) is 0.309. The van der Waals surface area contributed by atoms with Gasteiger partial charge in [0, 0.05) is 36.9 Å². The summed E-state index contributed by atoms with van der Waals surface area (Å²) in [5.41, 5.74) is 4.09. The highest BCUT2D eigenvalue weighted by atomic mass is 19.1. The first-order valence-electron chi connectivity index (χ1n) is 11.4. The van der Waals surface area contributed by atoms with E-state index in [1.807, 2.05) is 17.0 Å². The number of halogens is 1. The van der Waals surface area contributed by atoms with Crippen LogP contribution in [0.25, 0.3) is 0 Å². The number of carbonyl (C=O) groups excluding carboxylic acids is 1. The number of hydrogen-bond donors (Lipinski definition) is 1. The SMILES string of the molecule is CC(C)Cn1nc(C(=O)N2CCOCC2)c2c1CCC(NCCc1ccc(F)cc1)C2. The quantitative estimate of drug-likeness (QED) is 0.737. The van der Waals surface area contributed by atoms with E-state index in [-0.39, 0.29) is 11.7 Å². The molecule has 4 rings (SSSR count). The normalized spacial score (nSPS) is 19.0. The fraction of sp³-hybridized carbons (Fsp3) is 0.583. The predicted octanol–water partition coefficient (Wildman–Crippen LogP) is 2.84. The third-order valence-corrected chi connectivity index (χ3v) is 6.15. The number of fused-ring (bicyclic) bond motifs is 1. The van der Waals surface area contributed by atoms with Crippen molar-refractivity contribution in [3.8, 4) is 0 Å². The van der Waals surface area contributed by atoms with E-state index in [2.05, 4.69) is 23.8 Å². The molecular weight excluding hydrogens is 395 g/mol. The van der Waals surface area contributed by atoms with Crippen LogP contribution in [-0.4, -0.2) is 59.5 Å². The van der Waals surface area contributed by atoms with Crippen molar-refractivity contribution >= 4 is 5.91 Å². The van der Waals surface area contributed by atoms with Gasteiger partial charge < -0.3 is 15.0 Å². The molecule has 7 heteroatoms. The average molecular weight is 429 g/mol. The van der Waals surface area contributed by atoms with Gasteiger partial charge in [0.1, 0.15) is 5.82 Å². The van der Waals surface area contributed by atoms with Gasteiger partial charge in [-0.1, -0.05) is 26.0 Å². The Balaban J connectivity index is 1.46. The van der Waals surface area contributed by atoms with Crippen molar-refractivity contribution in [2.75, 3.05) is 32.8 Å². The van der Waals surface area contributed by atoms with Gasteiger partial charge in [0.05, 0.1) is 13.2 Å². The van der Waals surface area contributed by atoms with Crippen molar-refractivity contribution in [1.82, 2.24) is 20.0 Å². The van der Waals surface area contributed by atoms with E-state index >= 15 is 0 Å². The lowest BCUT2D eigenvalue weighted by molar-refractivity contribution is 0.0297. The first-order chi connectivity index (χ1) is 15.0. The molecule has 1 fully saturated rings. The summed E-state index contributed by atoms with van der Waals surface area (Å²) >= 11 is 0. The number of hydrogen-bond acceptors (Lipinski definition) is 4. The lowest BCUT2D eigenvalue weighted by Crippen LogP contribution is -2.42. The van der Waals surface area contributed by atoms with Gasteiger partial charge in [-0.15, -0.1) is 0 Å². The zero-order valence-electron chi connectivity index (χ0n) is 18.6. The van der Waals surface area contributed by atoms with Gasteiger partial charge in [0.15, 0.2) is 5.69 Å². The number of rotatable bonds is 7. The molecule has 2 aromatic rings. The Labute approximate surface area is 183 Å². The third kappa shape index (κ3) is 5.33. The Morgan fingerprint density at radius 2 is 2.00 bits per heavy atom. The van der Waals surface area contributed by atoms with Gasteiger partial charge in [-0.3, -0.25) is 9.48 Å². The molecule has 168 valence electrons. The Kier molecular flexibility index (Phi) is 7.02. The van der Waals surface area contributed by atoms with Gasteiger partial charge >= 0.3 is 0 Å². The zero-order chi connectivity index (χ0) is 21.8. The molecule has 1 amide bonds. The molecule has 0 bridgehead atoms. The Morgan fingerprint density at radius 1 is 1.26 bits per heavy atom. The van der Waals surface area contributed by atoms with E-state index in [0.29, 0.717) is 44.0 Å². The zero-order valence-corrected chi connectivity index (χ0v) is 18.6. The highest BCUT2D eigenvalue weighted by Crippen LogP contribution is 2.27. The molecule has 1 aliphatic carbocycles. The summed E-state index contributed by atoms with van der Waals surface area (Å²) in [5, 5.41) is 8.44. The van der Waals surface area contributed by atoms with Crippen molar-refractivity contribution in [2.24, 2.45) is 5.92 Å². The highest BCUT2D eigenvalue weighted by Gasteiger charge is 2.31. The maximum absolute atomic E-state index is 13.2. The number of amides is 1. The van der Waals surface area contributed by atoms with Crippen LogP contribution in [0.5, 0.6) is 0 Å². The predicted molar refractivity (Wildman–Crippen MR) is 118 cm³/mol. The van der Waals surface area contributed by atoms with Crippen molar-refractivity contribution < 1.29 is 13.9 Å². The van der Waals surface area contributed by atoms with Crippen molar-refractivity contribution in [3.05, 3.63) is 52.6 Å². The number of nitrogens with zero attached hydrogens (tertiary/aromatic N) is 3. The summed E-state index contributed by atoms with van der Waals surface area (Å²) in [6, 6.07) is 7.01. The molecule has 1 aromatic carbocycles. The molecule has 31 heavy (non-hydrogen) atoms. The molecule has 1 unspecified atom stereocenters. The Morgan fingerprint density at radius 3 is 2.71 bits per heavy atom. The van der Waals surface area contributed by atoms with Crippen LogP contribution in [0.15, 0.2) is 24.3 Å². The lowest BCUT2D eigenvalue weighted by Gasteiger charge is -2.28. The monoisotopic (exact) mass is 428 g/mol. The Bertz CT molecular complexity index is 888. The second-order valence-electron chi connectivity index (χ2n) is 9.02. The van der Waals surface area contributed by atoms with Crippen LogP contribution in [0.3, 0.4) is 0 Å². The third-order valence-electron chi connectivity index (χ3n) is 6.15. The van der Waals surface area contributed by atoms with Gasteiger partial charge in [0.2, 0.25) is 0 Å². The Hall–Kier alpha value is -2.25. The van der Waals surface area contributed by atoms with Gasteiger partial charge in [-0.05, 0) is 55.8 Å². The molecular formula is C24H33FN4O2. The van der Waals surface area contributed by atoms with E-state index in [1.165, 1.54) is 17.8 Å². The minimum atomic E-state index is -0.201. The fourth-order valence-electron chi connectivity index (χ4n) is 4.52. The number of aromatic nitrogens is 2. The van der Waals surface area contributed by atoms with Crippen molar-refractivity contribution in [3.63, 3.8) is 0 Å². The molecule has 0 saturated carbocycles. The van der Waals surface area contributed by atoms with Gasteiger partial charge in [0.25, 0.3) is 5.91 Å². The molecule has 0 spiro atoms. The van der Waals surface area contributed by atoms with Gasteiger partial charge in [-0.2, -0.15) is 5.10 Å². The van der Waals surface area contributed by atoms with E-state index in [9.17, 15) is 9.18 Å². The molecule has 1 aliphatic heterocycles. The maximum atomic E-state index is 13.2. The van der Waals surface area contributed by atoms with Crippen LogP contribution in [0.4, 0.5) is 4.39 Å². The van der Waals surface area contributed by atoms with Crippen LogP contribution in [-0.2, 0) is 30.5 Å². The van der Waals surface area contributed by atoms with Crippen molar-refractivity contribution in [2.45, 2.75) is 52.1 Å². The first-order valence-corrected chi connectivity index (χ1v) is 11.4. The second-order valence-corrected chi connectivity index (χ2v) is 9.02. The maximum Gasteiger partial charge on any atom is 0.274 e. The highest BCUT2D eigenvalue weighted by molar-refractivity contribution is 5.94. The van der Waals surface area contributed by atoms with Crippen LogP contribution < -0.4 is 5.32 Å². The first kappa shape index (κ1) is 22.0. The average Bonchev–Trinajstić information content (AvgIpc) is 3.12. The molecule has 0 radical (unpaired) electrons. The standard InChI is InChI=1S/C24H33FN4O2/c1-17(2)16-29-22-8-7-20(26-10-9-18-3-5-19(25)6-4-18)15-21(22)23(27-29)24(30)28-11-13-31-14-12-28/h3-6,17,20,26H,7-16H2,1-2H3. The number of morpholine rings is 1. The largest absolute Gasteiger partial charge is 0.378 e. The molecule has 6 nitrogen and oxygen atoms in total.